The Morgan fingerprint density at radius 1 is 1.53 bits per heavy atom. The van der Waals surface area contributed by atoms with E-state index in [-0.39, 0.29) is 17.7 Å². The first-order chi connectivity index (χ1) is 8.16. The fourth-order valence-electron chi connectivity index (χ4n) is 1.44. The Balaban J connectivity index is 2.07. The number of amides is 1. The number of hydrogen-bond donors (Lipinski definition) is 2. The molecule has 0 saturated heterocycles. The molecular weight excluding hydrogens is 236 g/mol. The lowest BCUT2D eigenvalue weighted by Gasteiger charge is -2.11. The highest BCUT2D eigenvalue weighted by Gasteiger charge is 2.13. The third-order valence-electron chi connectivity index (χ3n) is 2.28. The number of rotatable bonds is 3. The molecule has 1 unspecified atom stereocenters. The average Bonchev–Trinajstić information content (AvgIpc) is 2.82. The van der Waals surface area contributed by atoms with Crippen molar-refractivity contribution < 1.29 is 9.90 Å². The van der Waals surface area contributed by atoms with Crippen molar-refractivity contribution in [3.05, 3.63) is 46.4 Å². The minimum Gasteiger partial charge on any atom is -0.508 e. The highest BCUT2D eigenvalue weighted by atomic mass is 32.1. The monoisotopic (exact) mass is 248 g/mol. The molecule has 0 aliphatic heterocycles. The summed E-state index contributed by atoms with van der Waals surface area (Å²) in [5.41, 5.74) is 0.438. The number of nitrogens with one attached hydrogen (secondary N) is 1. The first-order valence-electron chi connectivity index (χ1n) is 5.16. The van der Waals surface area contributed by atoms with Crippen molar-refractivity contribution >= 4 is 17.2 Å². The smallest absolute Gasteiger partial charge is 0.251 e. The number of carbonyl (C=O) groups excluding carboxylic acids is 1. The number of aromatic nitrogens is 1. The lowest BCUT2D eigenvalue weighted by atomic mass is 10.2. The maximum atomic E-state index is 11.9. The second-order valence-electron chi connectivity index (χ2n) is 3.62. The van der Waals surface area contributed by atoms with E-state index in [1.807, 2.05) is 12.3 Å². The van der Waals surface area contributed by atoms with Gasteiger partial charge in [-0.1, -0.05) is 6.07 Å². The lowest BCUT2D eigenvalue weighted by molar-refractivity contribution is 0.0939. The van der Waals surface area contributed by atoms with Gasteiger partial charge < -0.3 is 10.4 Å². The quantitative estimate of drug-likeness (QED) is 0.876. The van der Waals surface area contributed by atoms with Crippen molar-refractivity contribution in [2.45, 2.75) is 13.0 Å². The summed E-state index contributed by atoms with van der Waals surface area (Å²) < 4.78 is 0. The number of carbonyl (C=O) groups is 1. The van der Waals surface area contributed by atoms with E-state index in [0.29, 0.717) is 5.56 Å². The number of nitrogens with zero attached hydrogens (tertiary/aromatic N) is 1. The van der Waals surface area contributed by atoms with Crippen LogP contribution in [0.25, 0.3) is 0 Å². The Bertz CT molecular complexity index is 511. The number of aromatic hydroxyl groups is 1. The fourth-order valence-corrected chi connectivity index (χ4v) is 2.08. The summed E-state index contributed by atoms with van der Waals surface area (Å²) >= 11 is 1.50. The first-order valence-corrected chi connectivity index (χ1v) is 6.04. The SMILES string of the molecule is CC(NC(=O)c1cccc(O)c1)c1nccs1. The van der Waals surface area contributed by atoms with Crippen LogP contribution in [0.4, 0.5) is 0 Å². The molecule has 1 heterocycles. The minimum atomic E-state index is -0.219. The molecule has 0 radical (unpaired) electrons. The van der Waals surface area contributed by atoms with Gasteiger partial charge in [0.2, 0.25) is 0 Å². The van der Waals surface area contributed by atoms with Crippen LogP contribution in [0, 0.1) is 0 Å². The lowest BCUT2D eigenvalue weighted by Crippen LogP contribution is -2.26. The van der Waals surface area contributed by atoms with E-state index in [0.717, 1.165) is 5.01 Å². The number of phenolic OH excluding ortho intramolecular Hbond substituents is 1. The highest BCUT2D eigenvalue weighted by Crippen LogP contribution is 2.16. The molecule has 2 rings (SSSR count). The van der Waals surface area contributed by atoms with E-state index >= 15 is 0 Å². The zero-order valence-electron chi connectivity index (χ0n) is 9.25. The molecule has 1 aromatic heterocycles. The first kappa shape index (κ1) is 11.6. The molecule has 5 heteroatoms. The normalized spacial score (nSPS) is 12.1. The van der Waals surface area contributed by atoms with E-state index in [2.05, 4.69) is 10.3 Å². The van der Waals surface area contributed by atoms with E-state index in [1.165, 1.54) is 23.5 Å². The number of thiazole rings is 1. The summed E-state index contributed by atoms with van der Waals surface area (Å²) in [6, 6.07) is 6.12. The van der Waals surface area contributed by atoms with E-state index in [1.54, 1.807) is 18.3 Å². The third kappa shape index (κ3) is 2.82. The van der Waals surface area contributed by atoms with Gasteiger partial charge in [0.05, 0.1) is 6.04 Å². The van der Waals surface area contributed by atoms with Crippen LogP contribution in [0.3, 0.4) is 0 Å². The molecule has 0 bridgehead atoms. The fraction of sp³-hybridized carbons (Fsp3) is 0.167. The second kappa shape index (κ2) is 4.97. The van der Waals surface area contributed by atoms with E-state index < -0.39 is 0 Å². The molecule has 17 heavy (non-hydrogen) atoms. The van der Waals surface area contributed by atoms with Crippen LogP contribution in [0.5, 0.6) is 5.75 Å². The second-order valence-corrected chi connectivity index (χ2v) is 4.54. The Hall–Kier alpha value is -1.88. The van der Waals surface area contributed by atoms with Gasteiger partial charge in [0, 0.05) is 17.1 Å². The van der Waals surface area contributed by atoms with Crippen LogP contribution in [0.2, 0.25) is 0 Å². The molecule has 4 nitrogen and oxygen atoms in total. The zero-order chi connectivity index (χ0) is 12.3. The van der Waals surface area contributed by atoms with Gasteiger partial charge in [-0.2, -0.15) is 0 Å². The van der Waals surface area contributed by atoms with Crippen LogP contribution >= 0.6 is 11.3 Å². The molecule has 88 valence electrons. The molecular formula is C12H12N2O2S. The van der Waals surface area contributed by atoms with Crippen molar-refractivity contribution in [3.63, 3.8) is 0 Å². The molecule has 1 aromatic carbocycles. The van der Waals surface area contributed by atoms with Gasteiger partial charge in [0.25, 0.3) is 5.91 Å². The molecule has 0 saturated carbocycles. The molecule has 1 amide bonds. The largest absolute Gasteiger partial charge is 0.508 e. The molecule has 0 aliphatic rings. The summed E-state index contributed by atoms with van der Waals surface area (Å²) in [5.74, 6) is -0.136. The maximum Gasteiger partial charge on any atom is 0.251 e. The molecule has 2 N–H and O–H groups in total. The van der Waals surface area contributed by atoms with Crippen LogP contribution in [-0.2, 0) is 0 Å². The third-order valence-corrected chi connectivity index (χ3v) is 3.24. The van der Waals surface area contributed by atoms with Crippen molar-refractivity contribution in [2.24, 2.45) is 0 Å². The number of phenols is 1. The van der Waals surface area contributed by atoms with Crippen molar-refractivity contribution in [3.8, 4) is 5.75 Å². The predicted octanol–water partition coefficient (Wildman–Crippen LogP) is 2.34. The average molecular weight is 248 g/mol. The van der Waals surface area contributed by atoms with Gasteiger partial charge in [0.1, 0.15) is 10.8 Å². The molecule has 0 aliphatic carbocycles. The Kier molecular flexibility index (Phi) is 3.39. The van der Waals surface area contributed by atoms with Crippen molar-refractivity contribution in [2.75, 3.05) is 0 Å². The zero-order valence-corrected chi connectivity index (χ0v) is 10.1. The van der Waals surface area contributed by atoms with Crippen LogP contribution < -0.4 is 5.32 Å². The standard InChI is InChI=1S/C12H12N2O2S/c1-8(12-13-5-6-17-12)14-11(16)9-3-2-4-10(15)7-9/h2-8,15H,1H3,(H,14,16). The van der Waals surface area contributed by atoms with Gasteiger partial charge in [-0.15, -0.1) is 11.3 Å². The molecule has 0 spiro atoms. The summed E-state index contributed by atoms with van der Waals surface area (Å²) in [5, 5.41) is 14.8. The van der Waals surface area contributed by atoms with E-state index in [4.69, 9.17) is 0 Å². The van der Waals surface area contributed by atoms with Crippen molar-refractivity contribution in [1.29, 1.82) is 0 Å². The maximum absolute atomic E-state index is 11.9. The summed E-state index contributed by atoms with van der Waals surface area (Å²) in [4.78, 5) is 16.0. The number of hydrogen-bond acceptors (Lipinski definition) is 4. The van der Waals surface area contributed by atoms with Gasteiger partial charge in [0.15, 0.2) is 0 Å². The minimum absolute atomic E-state index is 0.0829. The van der Waals surface area contributed by atoms with Crippen LogP contribution in [0.1, 0.15) is 28.3 Å². The molecule has 2 aromatic rings. The predicted molar refractivity (Wildman–Crippen MR) is 66.1 cm³/mol. The van der Waals surface area contributed by atoms with Gasteiger partial charge in [-0.25, -0.2) is 4.98 Å². The van der Waals surface area contributed by atoms with Crippen molar-refractivity contribution in [1.82, 2.24) is 10.3 Å². The van der Waals surface area contributed by atoms with Gasteiger partial charge in [-0.3, -0.25) is 4.79 Å². The summed E-state index contributed by atoms with van der Waals surface area (Å²) in [7, 11) is 0. The van der Waals surface area contributed by atoms with E-state index in [9.17, 15) is 9.90 Å². The van der Waals surface area contributed by atoms with Gasteiger partial charge >= 0.3 is 0 Å². The molecule has 1 atom stereocenters. The summed E-state index contributed by atoms with van der Waals surface area (Å²) in [6.07, 6.45) is 1.71. The highest BCUT2D eigenvalue weighted by molar-refractivity contribution is 7.09. The Morgan fingerprint density at radius 3 is 3.00 bits per heavy atom. The van der Waals surface area contributed by atoms with Crippen LogP contribution in [0.15, 0.2) is 35.8 Å². The van der Waals surface area contributed by atoms with Gasteiger partial charge in [-0.05, 0) is 25.1 Å². The topological polar surface area (TPSA) is 62.2 Å². The molecule has 0 fully saturated rings. The van der Waals surface area contributed by atoms with Crippen LogP contribution in [-0.4, -0.2) is 16.0 Å². The number of benzene rings is 1. The Morgan fingerprint density at radius 2 is 2.35 bits per heavy atom. The Labute approximate surface area is 103 Å². The summed E-state index contributed by atoms with van der Waals surface area (Å²) in [6.45, 7) is 1.87.